The van der Waals surface area contributed by atoms with Crippen molar-refractivity contribution in [2.75, 3.05) is 6.61 Å². The summed E-state index contributed by atoms with van der Waals surface area (Å²) in [6.07, 6.45) is 0. The fourth-order valence-electron chi connectivity index (χ4n) is 2.17. The molecule has 104 valence electrons. The number of hydrogen-bond acceptors (Lipinski definition) is 2. The average molecular weight is 270 g/mol. The molecule has 1 N–H and O–H groups in total. The van der Waals surface area contributed by atoms with Gasteiger partial charge in [-0.1, -0.05) is 54.6 Å². The molecule has 3 heteroatoms. The van der Waals surface area contributed by atoms with Crippen molar-refractivity contribution in [1.29, 1.82) is 0 Å². The molecule has 3 nitrogen and oxygen atoms in total. The molecule has 20 heavy (non-hydrogen) atoms. The van der Waals surface area contributed by atoms with E-state index >= 15 is 0 Å². The Morgan fingerprint density at radius 2 is 1.60 bits per heavy atom. The number of carbonyl (C=O) groups is 1. The molecule has 2 rings (SSSR count). The molecule has 0 aliphatic rings. The van der Waals surface area contributed by atoms with E-state index < -0.39 is 11.6 Å². The molecular formula is C17H18O3. The van der Waals surface area contributed by atoms with Crippen LogP contribution in [0.2, 0.25) is 0 Å². The van der Waals surface area contributed by atoms with Crippen LogP contribution in [-0.4, -0.2) is 17.7 Å². The summed E-state index contributed by atoms with van der Waals surface area (Å²) < 4.78 is 5.42. The highest BCUT2D eigenvalue weighted by atomic mass is 16.5. The standard InChI is InChI=1S/C17H18O3/c1-3-20-17(2,16(18)19)15-11-9-14(10-12-15)13-7-5-4-6-8-13/h4-12H,3H2,1-2H3,(H,18,19)/t17-/m0/s1. The molecule has 0 heterocycles. The van der Waals surface area contributed by atoms with Crippen molar-refractivity contribution in [3.05, 3.63) is 60.2 Å². The number of ether oxygens (including phenoxy) is 1. The van der Waals surface area contributed by atoms with Gasteiger partial charge in [0.1, 0.15) is 0 Å². The van der Waals surface area contributed by atoms with Gasteiger partial charge in [-0.25, -0.2) is 4.79 Å². The Morgan fingerprint density at radius 1 is 1.05 bits per heavy atom. The predicted octanol–water partition coefficient (Wildman–Crippen LogP) is 3.69. The minimum atomic E-state index is -1.30. The van der Waals surface area contributed by atoms with Crippen LogP contribution in [0.3, 0.4) is 0 Å². The Morgan fingerprint density at radius 3 is 2.10 bits per heavy atom. The summed E-state index contributed by atoms with van der Waals surface area (Å²) in [5.41, 5.74) is 1.50. The first-order valence-corrected chi connectivity index (χ1v) is 6.61. The number of carboxylic acid groups (broad SMARTS) is 1. The van der Waals surface area contributed by atoms with Gasteiger partial charge in [0.15, 0.2) is 5.60 Å². The zero-order valence-corrected chi connectivity index (χ0v) is 11.7. The van der Waals surface area contributed by atoms with Crippen molar-refractivity contribution in [2.24, 2.45) is 0 Å². The van der Waals surface area contributed by atoms with Crippen LogP contribution in [0.25, 0.3) is 11.1 Å². The van der Waals surface area contributed by atoms with E-state index in [1.807, 2.05) is 54.6 Å². The maximum Gasteiger partial charge on any atom is 0.340 e. The summed E-state index contributed by atoms with van der Waals surface area (Å²) in [6.45, 7) is 3.72. The van der Waals surface area contributed by atoms with Gasteiger partial charge in [0.05, 0.1) is 0 Å². The van der Waals surface area contributed by atoms with Gasteiger partial charge in [0.2, 0.25) is 0 Å². The molecule has 0 amide bonds. The Hall–Kier alpha value is -2.13. The molecule has 0 aliphatic heterocycles. The number of aliphatic carboxylic acids is 1. The Balaban J connectivity index is 2.34. The molecule has 2 aromatic carbocycles. The second kappa shape index (κ2) is 5.88. The van der Waals surface area contributed by atoms with Crippen LogP contribution in [0.1, 0.15) is 19.4 Å². The largest absolute Gasteiger partial charge is 0.479 e. The summed E-state index contributed by atoms with van der Waals surface area (Å²) in [6, 6.07) is 17.4. The van der Waals surface area contributed by atoms with Crippen LogP contribution >= 0.6 is 0 Å². The molecule has 0 saturated heterocycles. The van der Waals surface area contributed by atoms with Gasteiger partial charge < -0.3 is 9.84 Å². The van der Waals surface area contributed by atoms with Crippen molar-refractivity contribution in [2.45, 2.75) is 19.4 Å². The Bertz CT molecular complexity index is 575. The van der Waals surface area contributed by atoms with E-state index in [1.54, 1.807) is 13.8 Å². The quantitative estimate of drug-likeness (QED) is 0.901. The third-order valence-electron chi connectivity index (χ3n) is 3.38. The van der Waals surface area contributed by atoms with E-state index in [1.165, 1.54) is 0 Å². The zero-order valence-electron chi connectivity index (χ0n) is 11.7. The summed E-state index contributed by atoms with van der Waals surface area (Å²) in [7, 11) is 0. The predicted molar refractivity (Wildman–Crippen MR) is 78.5 cm³/mol. The van der Waals surface area contributed by atoms with Crippen LogP contribution in [-0.2, 0) is 15.1 Å². The van der Waals surface area contributed by atoms with E-state index in [9.17, 15) is 9.90 Å². The van der Waals surface area contributed by atoms with Crippen LogP contribution in [0.15, 0.2) is 54.6 Å². The Labute approximate surface area is 118 Å². The van der Waals surface area contributed by atoms with E-state index in [0.717, 1.165) is 11.1 Å². The van der Waals surface area contributed by atoms with Crippen molar-refractivity contribution < 1.29 is 14.6 Å². The first kappa shape index (κ1) is 14.3. The van der Waals surface area contributed by atoms with Crippen molar-refractivity contribution in [3.8, 4) is 11.1 Å². The van der Waals surface area contributed by atoms with Gasteiger partial charge in [0.25, 0.3) is 0 Å². The SMILES string of the molecule is CCO[C@](C)(C(=O)O)c1ccc(-c2ccccc2)cc1. The normalized spacial score (nSPS) is 13.7. The fourth-order valence-corrected chi connectivity index (χ4v) is 2.17. The minimum absolute atomic E-state index is 0.350. The first-order valence-electron chi connectivity index (χ1n) is 6.61. The van der Waals surface area contributed by atoms with Gasteiger partial charge in [0, 0.05) is 6.61 Å². The second-order valence-electron chi connectivity index (χ2n) is 4.71. The van der Waals surface area contributed by atoms with E-state index in [-0.39, 0.29) is 0 Å². The summed E-state index contributed by atoms with van der Waals surface area (Å²) in [5, 5.41) is 9.38. The molecule has 0 aromatic heterocycles. The van der Waals surface area contributed by atoms with Crippen LogP contribution < -0.4 is 0 Å². The Kier molecular flexibility index (Phi) is 4.20. The van der Waals surface area contributed by atoms with Gasteiger partial charge in [-0.3, -0.25) is 0 Å². The number of hydrogen-bond donors (Lipinski definition) is 1. The maximum atomic E-state index is 11.4. The minimum Gasteiger partial charge on any atom is -0.479 e. The molecular weight excluding hydrogens is 252 g/mol. The summed E-state index contributed by atoms with van der Waals surface area (Å²) in [4.78, 5) is 11.4. The highest BCUT2D eigenvalue weighted by Gasteiger charge is 2.35. The monoisotopic (exact) mass is 270 g/mol. The van der Waals surface area contributed by atoms with E-state index in [0.29, 0.717) is 12.2 Å². The number of benzene rings is 2. The molecule has 0 radical (unpaired) electrons. The highest BCUT2D eigenvalue weighted by Crippen LogP contribution is 2.28. The van der Waals surface area contributed by atoms with Crippen molar-refractivity contribution >= 4 is 5.97 Å². The third kappa shape index (κ3) is 2.73. The topological polar surface area (TPSA) is 46.5 Å². The lowest BCUT2D eigenvalue weighted by molar-refractivity contribution is -0.164. The van der Waals surface area contributed by atoms with Crippen molar-refractivity contribution in [3.63, 3.8) is 0 Å². The smallest absolute Gasteiger partial charge is 0.340 e. The molecule has 0 spiro atoms. The number of rotatable bonds is 5. The lowest BCUT2D eigenvalue weighted by atomic mass is 9.93. The summed E-state index contributed by atoms with van der Waals surface area (Å²) in [5.74, 6) is -0.980. The van der Waals surface area contributed by atoms with Gasteiger partial charge >= 0.3 is 5.97 Å². The lowest BCUT2D eigenvalue weighted by Crippen LogP contribution is -2.35. The molecule has 0 saturated carbocycles. The fraction of sp³-hybridized carbons (Fsp3) is 0.235. The van der Waals surface area contributed by atoms with Crippen molar-refractivity contribution in [1.82, 2.24) is 0 Å². The van der Waals surface area contributed by atoms with Gasteiger partial charge in [-0.15, -0.1) is 0 Å². The first-order chi connectivity index (χ1) is 9.58. The van der Waals surface area contributed by atoms with E-state index in [4.69, 9.17) is 4.74 Å². The molecule has 1 atom stereocenters. The molecule has 0 unspecified atom stereocenters. The van der Waals surface area contributed by atoms with Crippen LogP contribution in [0, 0.1) is 0 Å². The van der Waals surface area contributed by atoms with Crippen LogP contribution in [0.4, 0.5) is 0 Å². The average Bonchev–Trinajstić information content (AvgIpc) is 2.48. The number of carboxylic acids is 1. The van der Waals surface area contributed by atoms with Gasteiger partial charge in [-0.2, -0.15) is 0 Å². The third-order valence-corrected chi connectivity index (χ3v) is 3.38. The molecule has 0 bridgehead atoms. The van der Waals surface area contributed by atoms with Crippen LogP contribution in [0.5, 0.6) is 0 Å². The second-order valence-corrected chi connectivity index (χ2v) is 4.71. The van der Waals surface area contributed by atoms with E-state index in [2.05, 4.69) is 0 Å². The summed E-state index contributed by atoms with van der Waals surface area (Å²) >= 11 is 0. The molecule has 0 fully saturated rings. The zero-order chi connectivity index (χ0) is 14.6. The molecule has 2 aromatic rings. The highest BCUT2D eigenvalue weighted by molar-refractivity contribution is 5.79. The lowest BCUT2D eigenvalue weighted by Gasteiger charge is -2.25. The maximum absolute atomic E-state index is 11.4. The van der Waals surface area contributed by atoms with Gasteiger partial charge in [-0.05, 0) is 30.5 Å². The molecule has 0 aliphatic carbocycles.